The van der Waals surface area contributed by atoms with Crippen LogP contribution < -0.4 is 5.32 Å². The Morgan fingerprint density at radius 2 is 2.00 bits per heavy atom. The highest BCUT2D eigenvalue weighted by Gasteiger charge is 2.12. The number of amides is 1. The van der Waals surface area contributed by atoms with Gasteiger partial charge in [0.15, 0.2) is 0 Å². The Morgan fingerprint density at radius 3 is 2.78 bits per heavy atom. The number of carbonyl (C=O) groups excluding carboxylic acids is 1. The van der Waals surface area contributed by atoms with Crippen molar-refractivity contribution in [2.24, 2.45) is 0 Å². The number of aromatic hydroxyl groups is 1. The molecule has 0 atom stereocenters. The van der Waals surface area contributed by atoms with E-state index in [-0.39, 0.29) is 11.7 Å². The summed E-state index contributed by atoms with van der Waals surface area (Å²) in [5, 5.41) is 14.7. The number of phenolic OH excluding ortho intramolecular Hbond substituents is 1. The molecule has 0 aliphatic heterocycles. The molecule has 0 unspecified atom stereocenters. The lowest BCUT2D eigenvalue weighted by atomic mass is 10.1. The molecular weight excluding hydrogens is 246 g/mol. The molecule has 0 aliphatic carbocycles. The molecule has 0 saturated heterocycles. The smallest absolute Gasteiger partial charge is 0.221 e. The van der Waals surface area contributed by atoms with Crippen LogP contribution in [0.15, 0.2) is 36.4 Å². The molecule has 4 heteroatoms. The van der Waals surface area contributed by atoms with Crippen LogP contribution in [0, 0.1) is 0 Å². The van der Waals surface area contributed by atoms with Gasteiger partial charge in [0, 0.05) is 22.4 Å². The molecule has 1 amide bonds. The Morgan fingerprint density at radius 1 is 1.22 bits per heavy atom. The average molecular weight is 257 g/mol. The minimum Gasteiger partial charge on any atom is -0.506 e. The van der Waals surface area contributed by atoms with Gasteiger partial charge >= 0.3 is 0 Å². The molecule has 0 radical (unpaired) electrons. The van der Waals surface area contributed by atoms with Gasteiger partial charge in [0.2, 0.25) is 5.91 Å². The first kappa shape index (κ1) is 11.0. The summed E-state index contributed by atoms with van der Waals surface area (Å²) >= 11 is 1.53. The van der Waals surface area contributed by atoms with Crippen LogP contribution in [-0.4, -0.2) is 11.0 Å². The van der Waals surface area contributed by atoms with Gasteiger partial charge in [0.1, 0.15) is 5.75 Å². The number of hydrogen-bond donors (Lipinski definition) is 2. The lowest BCUT2D eigenvalue weighted by Crippen LogP contribution is -2.05. The van der Waals surface area contributed by atoms with Crippen molar-refractivity contribution in [3.05, 3.63) is 36.4 Å². The SMILES string of the molecule is CC(=O)Nc1ccc(O)c2sc3ccccc3c12. The Labute approximate surface area is 108 Å². The molecule has 0 fully saturated rings. The summed E-state index contributed by atoms with van der Waals surface area (Å²) in [7, 11) is 0. The van der Waals surface area contributed by atoms with E-state index in [0.29, 0.717) is 0 Å². The summed E-state index contributed by atoms with van der Waals surface area (Å²) < 4.78 is 1.91. The first-order valence-corrected chi connectivity index (χ1v) is 6.39. The number of nitrogens with one attached hydrogen (secondary N) is 1. The summed E-state index contributed by atoms with van der Waals surface area (Å²) in [5.74, 6) is 0.137. The number of anilines is 1. The van der Waals surface area contributed by atoms with Gasteiger partial charge in [0.05, 0.1) is 10.4 Å². The van der Waals surface area contributed by atoms with Gasteiger partial charge in [-0.25, -0.2) is 0 Å². The van der Waals surface area contributed by atoms with E-state index in [1.807, 2.05) is 24.3 Å². The van der Waals surface area contributed by atoms with Gasteiger partial charge in [-0.15, -0.1) is 11.3 Å². The number of benzene rings is 2. The maximum Gasteiger partial charge on any atom is 0.221 e. The zero-order valence-corrected chi connectivity index (χ0v) is 10.5. The Hall–Kier alpha value is -2.07. The average Bonchev–Trinajstić information content (AvgIpc) is 2.73. The molecule has 90 valence electrons. The van der Waals surface area contributed by atoms with Crippen molar-refractivity contribution >= 4 is 43.1 Å². The van der Waals surface area contributed by atoms with Crippen molar-refractivity contribution in [2.45, 2.75) is 6.92 Å². The minimum absolute atomic E-state index is 0.114. The van der Waals surface area contributed by atoms with E-state index in [0.717, 1.165) is 25.9 Å². The molecule has 0 bridgehead atoms. The van der Waals surface area contributed by atoms with Crippen molar-refractivity contribution in [3.8, 4) is 5.75 Å². The molecule has 3 aromatic rings. The molecule has 1 heterocycles. The van der Waals surface area contributed by atoms with Crippen LogP contribution in [0.1, 0.15) is 6.92 Å². The molecule has 0 spiro atoms. The zero-order valence-electron chi connectivity index (χ0n) is 9.73. The van der Waals surface area contributed by atoms with E-state index in [1.54, 1.807) is 12.1 Å². The Kier molecular flexibility index (Phi) is 2.45. The molecule has 3 rings (SSSR count). The van der Waals surface area contributed by atoms with E-state index in [4.69, 9.17) is 0 Å². The van der Waals surface area contributed by atoms with Crippen LogP contribution in [0.3, 0.4) is 0 Å². The fourth-order valence-electron chi connectivity index (χ4n) is 2.11. The predicted molar refractivity (Wildman–Crippen MR) is 75.3 cm³/mol. The highest BCUT2D eigenvalue weighted by Crippen LogP contribution is 2.42. The Balaban J connectivity index is 2.43. The second-order valence-electron chi connectivity index (χ2n) is 4.12. The van der Waals surface area contributed by atoms with E-state index in [9.17, 15) is 9.90 Å². The van der Waals surface area contributed by atoms with E-state index < -0.39 is 0 Å². The lowest BCUT2D eigenvalue weighted by Gasteiger charge is -2.05. The van der Waals surface area contributed by atoms with E-state index in [1.165, 1.54) is 18.3 Å². The van der Waals surface area contributed by atoms with E-state index >= 15 is 0 Å². The fraction of sp³-hybridized carbons (Fsp3) is 0.0714. The first-order chi connectivity index (χ1) is 8.66. The van der Waals surface area contributed by atoms with Crippen LogP contribution in [0.5, 0.6) is 5.75 Å². The molecule has 18 heavy (non-hydrogen) atoms. The van der Waals surface area contributed by atoms with Crippen LogP contribution in [0.2, 0.25) is 0 Å². The van der Waals surface area contributed by atoms with E-state index in [2.05, 4.69) is 5.32 Å². The van der Waals surface area contributed by atoms with Gasteiger partial charge in [-0.2, -0.15) is 0 Å². The lowest BCUT2D eigenvalue weighted by molar-refractivity contribution is -0.114. The van der Waals surface area contributed by atoms with Gasteiger partial charge in [-0.05, 0) is 18.2 Å². The molecule has 1 aromatic heterocycles. The zero-order chi connectivity index (χ0) is 12.7. The van der Waals surface area contributed by atoms with Crippen LogP contribution in [0.4, 0.5) is 5.69 Å². The van der Waals surface area contributed by atoms with Crippen LogP contribution in [-0.2, 0) is 4.79 Å². The summed E-state index contributed by atoms with van der Waals surface area (Å²) in [4.78, 5) is 11.2. The number of fused-ring (bicyclic) bond motifs is 3. The molecule has 2 N–H and O–H groups in total. The van der Waals surface area contributed by atoms with Crippen LogP contribution in [0.25, 0.3) is 20.2 Å². The number of thiophene rings is 1. The van der Waals surface area contributed by atoms with Crippen molar-refractivity contribution < 1.29 is 9.90 Å². The third kappa shape index (κ3) is 1.62. The molecule has 0 aliphatic rings. The monoisotopic (exact) mass is 257 g/mol. The highest BCUT2D eigenvalue weighted by molar-refractivity contribution is 7.26. The summed E-state index contributed by atoms with van der Waals surface area (Å²) in [6, 6.07) is 11.3. The number of rotatable bonds is 1. The van der Waals surface area contributed by atoms with Crippen molar-refractivity contribution in [1.82, 2.24) is 0 Å². The van der Waals surface area contributed by atoms with Gasteiger partial charge in [-0.1, -0.05) is 18.2 Å². The standard InChI is InChI=1S/C14H11NO2S/c1-8(16)15-10-6-7-11(17)14-13(10)9-4-2-3-5-12(9)18-14/h2-7,17H,1H3,(H,15,16). The Bertz CT molecular complexity index is 761. The maximum atomic E-state index is 11.2. The normalized spacial score (nSPS) is 10.9. The molecule has 3 nitrogen and oxygen atoms in total. The topological polar surface area (TPSA) is 49.3 Å². The molecular formula is C14H11NO2S. The third-order valence-electron chi connectivity index (χ3n) is 2.82. The number of phenols is 1. The third-order valence-corrected chi connectivity index (χ3v) is 4.01. The van der Waals surface area contributed by atoms with Crippen molar-refractivity contribution in [3.63, 3.8) is 0 Å². The summed E-state index contributed by atoms with van der Waals surface area (Å²) in [5.41, 5.74) is 0.743. The highest BCUT2D eigenvalue weighted by atomic mass is 32.1. The first-order valence-electron chi connectivity index (χ1n) is 5.57. The second-order valence-corrected chi connectivity index (χ2v) is 5.17. The van der Waals surface area contributed by atoms with Gasteiger partial charge in [0.25, 0.3) is 0 Å². The molecule has 0 saturated carbocycles. The van der Waals surface area contributed by atoms with Crippen LogP contribution >= 0.6 is 11.3 Å². The number of carbonyl (C=O) groups is 1. The minimum atomic E-state index is -0.114. The van der Waals surface area contributed by atoms with Crippen molar-refractivity contribution in [2.75, 3.05) is 5.32 Å². The summed E-state index contributed by atoms with van der Waals surface area (Å²) in [6.45, 7) is 1.48. The number of hydrogen-bond acceptors (Lipinski definition) is 3. The van der Waals surface area contributed by atoms with Crippen molar-refractivity contribution in [1.29, 1.82) is 0 Å². The predicted octanol–water partition coefficient (Wildman–Crippen LogP) is 3.72. The second kappa shape index (κ2) is 3.99. The maximum absolute atomic E-state index is 11.2. The largest absolute Gasteiger partial charge is 0.506 e. The van der Waals surface area contributed by atoms with Gasteiger partial charge in [-0.3, -0.25) is 4.79 Å². The fourth-order valence-corrected chi connectivity index (χ4v) is 3.25. The van der Waals surface area contributed by atoms with Gasteiger partial charge < -0.3 is 10.4 Å². The molecule has 2 aromatic carbocycles. The summed E-state index contributed by atoms with van der Waals surface area (Å²) in [6.07, 6.45) is 0. The quantitative estimate of drug-likeness (QED) is 0.653.